The minimum atomic E-state index is -0.199. The molecule has 0 amide bonds. The molecule has 0 unspecified atom stereocenters. The number of allylic oxidation sites excluding steroid dienone is 2. The number of hydrogen-bond donors (Lipinski definition) is 0. The van der Waals surface area contributed by atoms with Gasteiger partial charge in [0.25, 0.3) is 0 Å². The van der Waals surface area contributed by atoms with E-state index in [4.69, 9.17) is 0 Å². The quantitative estimate of drug-likeness (QED) is 0.435. The number of rotatable bonds is 0. The molecule has 1 rings (SSSR count). The first kappa shape index (κ1) is 5.09. The maximum absolute atomic E-state index is 10.4. The summed E-state index contributed by atoms with van der Waals surface area (Å²) in [5, 5.41) is 0. The fourth-order valence-corrected chi connectivity index (χ4v) is 0.451. The molecule has 0 saturated carbocycles. The SMILES string of the molecule is O=C1CC=CC=CO1. The van der Waals surface area contributed by atoms with Gasteiger partial charge in [0.15, 0.2) is 0 Å². The van der Waals surface area contributed by atoms with Crippen LogP contribution in [-0.4, -0.2) is 5.97 Å². The molecule has 2 nitrogen and oxygen atoms in total. The van der Waals surface area contributed by atoms with E-state index in [-0.39, 0.29) is 5.97 Å². The average Bonchev–Trinajstić information content (AvgIpc) is 1.94. The van der Waals surface area contributed by atoms with Crippen LogP contribution in [-0.2, 0) is 9.53 Å². The Hall–Kier alpha value is -1.05. The van der Waals surface area contributed by atoms with Crippen LogP contribution in [0.4, 0.5) is 0 Å². The van der Waals surface area contributed by atoms with Gasteiger partial charge in [0.05, 0.1) is 12.7 Å². The summed E-state index contributed by atoms with van der Waals surface area (Å²) in [6, 6.07) is 0. The zero-order chi connectivity index (χ0) is 5.82. The lowest BCUT2D eigenvalue weighted by Gasteiger charge is -1.88. The molecule has 1 aliphatic rings. The van der Waals surface area contributed by atoms with Gasteiger partial charge in [-0.15, -0.1) is 0 Å². The van der Waals surface area contributed by atoms with E-state index < -0.39 is 0 Å². The van der Waals surface area contributed by atoms with Gasteiger partial charge in [0.1, 0.15) is 0 Å². The molecule has 0 aromatic rings. The molecule has 2 heteroatoms. The average molecular weight is 110 g/mol. The van der Waals surface area contributed by atoms with Crippen LogP contribution in [0.15, 0.2) is 24.5 Å². The lowest BCUT2D eigenvalue weighted by molar-refractivity contribution is -0.136. The Morgan fingerprint density at radius 1 is 1.50 bits per heavy atom. The maximum atomic E-state index is 10.4. The number of cyclic esters (lactones) is 1. The summed E-state index contributed by atoms with van der Waals surface area (Å²) in [5.41, 5.74) is 0. The summed E-state index contributed by atoms with van der Waals surface area (Å²) in [5.74, 6) is -0.199. The molecule has 42 valence electrons. The van der Waals surface area contributed by atoms with Crippen molar-refractivity contribution < 1.29 is 9.53 Å². The predicted molar refractivity (Wildman–Crippen MR) is 29.0 cm³/mol. The number of hydrogen-bond acceptors (Lipinski definition) is 2. The molecule has 1 heterocycles. The monoisotopic (exact) mass is 110 g/mol. The second kappa shape index (κ2) is 2.31. The van der Waals surface area contributed by atoms with Crippen LogP contribution in [0.5, 0.6) is 0 Å². The second-order valence-electron chi connectivity index (χ2n) is 1.45. The summed E-state index contributed by atoms with van der Waals surface area (Å²) < 4.78 is 4.52. The Morgan fingerprint density at radius 3 is 3.25 bits per heavy atom. The minimum absolute atomic E-state index is 0.199. The van der Waals surface area contributed by atoms with Crippen LogP contribution < -0.4 is 0 Å². The van der Waals surface area contributed by atoms with E-state index >= 15 is 0 Å². The fraction of sp³-hybridized carbons (Fsp3) is 0.167. The van der Waals surface area contributed by atoms with E-state index in [0.717, 1.165) is 0 Å². The van der Waals surface area contributed by atoms with E-state index in [0.29, 0.717) is 6.42 Å². The smallest absolute Gasteiger partial charge is 0.314 e. The van der Waals surface area contributed by atoms with Gasteiger partial charge in [-0.25, -0.2) is 0 Å². The van der Waals surface area contributed by atoms with Gasteiger partial charge in [-0.3, -0.25) is 4.79 Å². The molecular weight excluding hydrogens is 104 g/mol. The molecular formula is C6H6O2. The molecule has 0 spiro atoms. The fourth-order valence-electron chi connectivity index (χ4n) is 0.451. The molecule has 0 radical (unpaired) electrons. The normalized spacial score (nSPS) is 17.8. The molecule has 1 aliphatic heterocycles. The van der Waals surface area contributed by atoms with Gasteiger partial charge in [-0.2, -0.15) is 0 Å². The van der Waals surface area contributed by atoms with Crippen LogP contribution in [0, 0.1) is 0 Å². The van der Waals surface area contributed by atoms with Crippen molar-refractivity contribution in [3.63, 3.8) is 0 Å². The van der Waals surface area contributed by atoms with Crippen molar-refractivity contribution >= 4 is 5.97 Å². The summed E-state index contributed by atoms with van der Waals surface area (Å²) in [4.78, 5) is 10.4. The molecule has 0 aromatic carbocycles. The lowest BCUT2D eigenvalue weighted by atomic mass is 10.4. The molecule has 8 heavy (non-hydrogen) atoms. The standard InChI is InChI=1S/C6H6O2/c7-6-4-2-1-3-5-8-6/h1-3,5H,4H2. The first-order valence-corrected chi connectivity index (χ1v) is 2.41. The summed E-state index contributed by atoms with van der Waals surface area (Å²) in [6.45, 7) is 0. The third-order valence-electron chi connectivity index (χ3n) is 0.810. The van der Waals surface area contributed by atoms with E-state index in [1.54, 1.807) is 18.2 Å². The first-order valence-electron chi connectivity index (χ1n) is 2.41. The third kappa shape index (κ3) is 1.22. The molecule has 0 bridgehead atoms. The predicted octanol–water partition coefficient (Wildman–Crippen LogP) is 1.00. The number of ether oxygens (including phenoxy) is 1. The summed E-state index contributed by atoms with van der Waals surface area (Å²) >= 11 is 0. The molecule has 0 saturated heterocycles. The van der Waals surface area contributed by atoms with Gasteiger partial charge < -0.3 is 4.74 Å². The van der Waals surface area contributed by atoms with Crippen molar-refractivity contribution in [3.8, 4) is 0 Å². The highest BCUT2D eigenvalue weighted by atomic mass is 16.5. The Morgan fingerprint density at radius 2 is 2.38 bits per heavy atom. The molecule has 0 aromatic heterocycles. The summed E-state index contributed by atoms with van der Waals surface area (Å²) in [7, 11) is 0. The van der Waals surface area contributed by atoms with Gasteiger partial charge in [-0.05, 0) is 6.08 Å². The highest BCUT2D eigenvalue weighted by Crippen LogP contribution is 1.94. The van der Waals surface area contributed by atoms with Crippen molar-refractivity contribution in [1.29, 1.82) is 0 Å². The molecule has 0 aliphatic carbocycles. The Bertz CT molecular complexity index is 129. The largest absolute Gasteiger partial charge is 0.434 e. The van der Waals surface area contributed by atoms with Gasteiger partial charge in [0.2, 0.25) is 0 Å². The van der Waals surface area contributed by atoms with E-state index in [9.17, 15) is 4.79 Å². The maximum Gasteiger partial charge on any atom is 0.314 e. The van der Waals surface area contributed by atoms with Crippen LogP contribution in [0.25, 0.3) is 0 Å². The number of carbonyl (C=O) groups is 1. The summed E-state index contributed by atoms with van der Waals surface area (Å²) in [6.07, 6.45) is 6.99. The van der Waals surface area contributed by atoms with Crippen LogP contribution in [0.3, 0.4) is 0 Å². The van der Waals surface area contributed by atoms with Gasteiger partial charge >= 0.3 is 5.97 Å². The van der Waals surface area contributed by atoms with Gasteiger partial charge in [-0.1, -0.05) is 12.2 Å². The van der Waals surface area contributed by atoms with E-state index in [1.165, 1.54) is 6.26 Å². The second-order valence-corrected chi connectivity index (χ2v) is 1.45. The zero-order valence-electron chi connectivity index (χ0n) is 4.33. The van der Waals surface area contributed by atoms with Crippen LogP contribution >= 0.6 is 0 Å². The number of carbonyl (C=O) groups excluding carboxylic acids is 1. The van der Waals surface area contributed by atoms with Gasteiger partial charge in [0, 0.05) is 0 Å². The van der Waals surface area contributed by atoms with Crippen molar-refractivity contribution in [1.82, 2.24) is 0 Å². The van der Waals surface area contributed by atoms with E-state index in [2.05, 4.69) is 4.74 Å². The first-order chi connectivity index (χ1) is 3.89. The molecule has 0 atom stereocenters. The van der Waals surface area contributed by atoms with Crippen LogP contribution in [0.2, 0.25) is 0 Å². The van der Waals surface area contributed by atoms with Crippen molar-refractivity contribution in [2.75, 3.05) is 0 Å². The third-order valence-corrected chi connectivity index (χ3v) is 0.810. The molecule has 0 fully saturated rings. The Kier molecular flexibility index (Phi) is 1.47. The highest BCUT2D eigenvalue weighted by Gasteiger charge is 1.96. The van der Waals surface area contributed by atoms with Crippen molar-refractivity contribution in [2.45, 2.75) is 6.42 Å². The zero-order valence-corrected chi connectivity index (χ0v) is 4.33. The Labute approximate surface area is 47.5 Å². The van der Waals surface area contributed by atoms with Crippen molar-refractivity contribution in [3.05, 3.63) is 24.5 Å². The molecule has 0 N–H and O–H groups in total. The Balaban J connectivity index is 2.58. The highest BCUT2D eigenvalue weighted by molar-refractivity contribution is 5.72. The van der Waals surface area contributed by atoms with E-state index in [1.807, 2.05) is 0 Å². The topological polar surface area (TPSA) is 26.3 Å². The lowest BCUT2D eigenvalue weighted by Crippen LogP contribution is -1.94. The minimum Gasteiger partial charge on any atom is -0.434 e. The number of esters is 1. The van der Waals surface area contributed by atoms with Crippen LogP contribution in [0.1, 0.15) is 6.42 Å². The van der Waals surface area contributed by atoms with Crippen molar-refractivity contribution in [2.24, 2.45) is 0 Å².